The average molecular weight is 1190 g/mol. The number of hydrogen-bond acceptors (Lipinski definition) is 2. The first kappa shape index (κ1) is 49.3. The van der Waals surface area contributed by atoms with E-state index in [9.17, 15) is 8.78 Å². The second kappa shape index (κ2) is 18.9. The maximum absolute atomic E-state index is 14.7. The molecule has 0 fully saturated rings. The first-order valence-corrected chi connectivity index (χ1v) is 25.6. The zero-order chi connectivity index (χ0) is 52.0. The van der Waals surface area contributed by atoms with Gasteiger partial charge >= 0.3 is 27.1 Å². The molecule has 0 amide bonds. The number of ether oxygens (including phenoxy) is 1. The minimum Gasteiger partial charge on any atom is -0.509 e. The molecule has 0 atom stereocenters. The van der Waals surface area contributed by atoms with Crippen LogP contribution in [0.2, 0.25) is 0 Å². The maximum atomic E-state index is 14.7. The summed E-state index contributed by atoms with van der Waals surface area (Å²) in [5, 5.41) is 4.37. The van der Waals surface area contributed by atoms with Gasteiger partial charge in [-0.15, -0.1) is 23.6 Å². The second-order valence-electron chi connectivity index (χ2n) is 21.6. The molecule has 13 rings (SSSR count). The summed E-state index contributed by atoms with van der Waals surface area (Å²) in [6.07, 6.45) is 1.88. The molecule has 9 heteroatoms. The standard InChI is InChI=1S/C68H51F2N5O.Pt/c1-67(2,3)45-33-34-71-65(37-45)75-61-20-12-9-17-55(61)56-32-31-51(41-64(56)75)76-52-39-49(38-50(40-52)74-59-18-10-7-15-53(59)54-16-8-11-19-60(54)74)72-42-73(63-22-14-13-21-62(63)72)66-57(43-23-27-47(69)28-24-43)35-46(68(4,5)6)36-58(66)44-25-29-48(70)30-26-44;/h7-38,40H,1-6H3;/q;+2. The maximum Gasteiger partial charge on any atom is 2.00 e. The van der Waals surface area contributed by atoms with Crippen molar-refractivity contribution in [3.63, 3.8) is 0 Å². The first-order chi connectivity index (χ1) is 36.7. The van der Waals surface area contributed by atoms with Gasteiger partial charge in [0.15, 0.2) is 0 Å². The fourth-order valence-corrected chi connectivity index (χ4v) is 10.7. The molecular weight excluding hydrogens is 1140 g/mol. The van der Waals surface area contributed by atoms with Crippen molar-refractivity contribution >= 4 is 72.4 Å². The fourth-order valence-electron chi connectivity index (χ4n) is 10.7. The number of benzene rings is 9. The van der Waals surface area contributed by atoms with Crippen molar-refractivity contribution in [3.05, 3.63) is 235 Å². The molecule has 0 radical (unpaired) electrons. The molecule has 77 heavy (non-hydrogen) atoms. The Bertz CT molecular complexity index is 4280. The Morgan fingerprint density at radius 3 is 1.58 bits per heavy atom. The molecule has 0 saturated heterocycles. The van der Waals surface area contributed by atoms with Gasteiger partial charge in [0.1, 0.15) is 23.1 Å². The molecule has 3 aromatic heterocycles. The van der Waals surface area contributed by atoms with Crippen molar-refractivity contribution < 1.29 is 34.6 Å². The topological polar surface area (TPSA) is 38.0 Å². The van der Waals surface area contributed by atoms with E-state index in [0.717, 1.165) is 100.0 Å². The van der Waals surface area contributed by atoms with Gasteiger partial charge in [0.25, 0.3) is 11.4 Å². The van der Waals surface area contributed by atoms with Crippen LogP contribution in [0.1, 0.15) is 52.7 Å². The zero-order valence-electron chi connectivity index (χ0n) is 43.3. The summed E-state index contributed by atoms with van der Waals surface area (Å²) in [6, 6.07) is 74.8. The number of para-hydroxylation sites is 5. The number of nitrogens with zero attached hydrogens (tertiary/aromatic N) is 5. The van der Waals surface area contributed by atoms with Crippen molar-refractivity contribution in [1.82, 2.24) is 23.3 Å². The minimum atomic E-state index is -0.327. The number of aromatic nitrogens is 3. The van der Waals surface area contributed by atoms with Gasteiger partial charge in [-0.05, 0) is 110 Å². The van der Waals surface area contributed by atoms with E-state index in [1.54, 1.807) is 0 Å². The third-order valence-electron chi connectivity index (χ3n) is 14.6. The van der Waals surface area contributed by atoms with E-state index >= 15 is 0 Å². The van der Waals surface area contributed by atoms with Crippen LogP contribution in [0.5, 0.6) is 11.5 Å². The number of pyridine rings is 1. The Morgan fingerprint density at radius 1 is 0.494 bits per heavy atom. The molecule has 1 aliphatic heterocycles. The summed E-state index contributed by atoms with van der Waals surface area (Å²) in [5.74, 6) is 1.12. The SMILES string of the molecule is CC(C)(C)c1ccnc(-n2c3[c-]c(Oc4[c-]c([N+]5=C=[N+](c6c(-c7ccc(F)cc7)cc(C(C)(C)C)cc6-c6ccc(F)cc6)c6ccccc65)cc(-n5c6ccccc6c6ccccc65)c4)ccc3c3ccccc32)c1.[Pt+2]. The van der Waals surface area contributed by atoms with Crippen molar-refractivity contribution in [3.8, 4) is 45.3 Å². The molecule has 376 valence electrons. The normalized spacial score (nSPS) is 12.5. The van der Waals surface area contributed by atoms with Crippen LogP contribution < -0.4 is 13.9 Å². The molecule has 0 bridgehead atoms. The predicted octanol–water partition coefficient (Wildman–Crippen LogP) is 17.7. The summed E-state index contributed by atoms with van der Waals surface area (Å²) in [4.78, 5) is 4.91. The van der Waals surface area contributed by atoms with E-state index in [-0.39, 0.29) is 43.5 Å². The zero-order valence-corrected chi connectivity index (χ0v) is 45.5. The van der Waals surface area contributed by atoms with E-state index < -0.39 is 0 Å². The van der Waals surface area contributed by atoms with Crippen LogP contribution in [0, 0.1) is 23.8 Å². The molecule has 9 aromatic carbocycles. The van der Waals surface area contributed by atoms with Gasteiger partial charge in [-0.25, -0.2) is 13.8 Å². The molecule has 1 aliphatic rings. The van der Waals surface area contributed by atoms with E-state index in [1.807, 2.05) is 59.3 Å². The summed E-state index contributed by atoms with van der Waals surface area (Å²) < 4.78 is 45.1. The Labute approximate surface area is 460 Å². The average Bonchev–Trinajstić information content (AvgIpc) is 4.26. The molecular formula is C68H51F2N5OPt+2. The molecule has 0 spiro atoms. The molecule has 0 saturated carbocycles. The molecule has 4 heterocycles. The fraction of sp³-hybridized carbons (Fsp3) is 0.118. The molecule has 0 unspecified atom stereocenters. The van der Waals surface area contributed by atoms with Crippen LogP contribution in [0.3, 0.4) is 0 Å². The Kier molecular flexibility index (Phi) is 12.1. The molecule has 0 aliphatic carbocycles. The quantitative estimate of drug-likeness (QED) is 0.112. The summed E-state index contributed by atoms with van der Waals surface area (Å²) in [7, 11) is 0. The van der Waals surface area contributed by atoms with Gasteiger partial charge in [-0.3, -0.25) is 0 Å². The van der Waals surface area contributed by atoms with Crippen LogP contribution >= 0.6 is 0 Å². The summed E-state index contributed by atoms with van der Waals surface area (Å²) >= 11 is 0. The Morgan fingerprint density at radius 2 is 1.01 bits per heavy atom. The summed E-state index contributed by atoms with van der Waals surface area (Å²) in [5.41, 5.74) is 13.2. The van der Waals surface area contributed by atoms with E-state index in [0.29, 0.717) is 17.2 Å². The number of halogens is 2. The third-order valence-corrected chi connectivity index (χ3v) is 14.6. The second-order valence-corrected chi connectivity index (χ2v) is 21.6. The number of hydrogen-bond donors (Lipinski definition) is 0. The van der Waals surface area contributed by atoms with Gasteiger partial charge in [-0.2, -0.15) is 6.07 Å². The van der Waals surface area contributed by atoms with Gasteiger partial charge in [0.2, 0.25) is 5.69 Å². The van der Waals surface area contributed by atoms with Crippen LogP contribution in [-0.4, -0.2) is 20.1 Å². The van der Waals surface area contributed by atoms with Crippen molar-refractivity contribution in [2.45, 2.75) is 52.4 Å². The van der Waals surface area contributed by atoms with Gasteiger partial charge in [-0.1, -0.05) is 160 Å². The van der Waals surface area contributed by atoms with Gasteiger partial charge in [0, 0.05) is 46.1 Å². The van der Waals surface area contributed by atoms with Gasteiger partial charge < -0.3 is 13.9 Å². The minimum absolute atomic E-state index is 0. The van der Waals surface area contributed by atoms with Crippen molar-refractivity contribution in [2.24, 2.45) is 0 Å². The first-order valence-electron chi connectivity index (χ1n) is 25.6. The molecule has 6 nitrogen and oxygen atoms in total. The number of rotatable bonds is 8. The van der Waals surface area contributed by atoms with E-state index in [2.05, 4.69) is 195 Å². The van der Waals surface area contributed by atoms with E-state index in [1.165, 1.54) is 29.8 Å². The smallest absolute Gasteiger partial charge is 0.509 e. The van der Waals surface area contributed by atoms with Crippen LogP contribution in [0.15, 0.2) is 200 Å². The monoisotopic (exact) mass is 1190 g/mol. The van der Waals surface area contributed by atoms with Crippen molar-refractivity contribution in [2.75, 3.05) is 0 Å². The van der Waals surface area contributed by atoms with Gasteiger partial charge in [0.05, 0.1) is 22.2 Å². The van der Waals surface area contributed by atoms with Crippen LogP contribution in [-0.2, 0) is 31.9 Å². The summed E-state index contributed by atoms with van der Waals surface area (Å²) in [6.45, 7) is 13.2. The van der Waals surface area contributed by atoms with E-state index in [4.69, 9.17) is 9.72 Å². The largest absolute Gasteiger partial charge is 2.00 e. The molecule has 12 aromatic rings. The Balaban J connectivity index is 0.00000596. The predicted molar refractivity (Wildman–Crippen MR) is 306 cm³/mol. The number of fused-ring (bicyclic) bond motifs is 7. The third kappa shape index (κ3) is 8.68. The Hall–Kier alpha value is -8.54. The molecule has 0 N–H and O–H groups in total. The van der Waals surface area contributed by atoms with Crippen LogP contribution in [0.25, 0.3) is 77.4 Å². The van der Waals surface area contributed by atoms with Crippen molar-refractivity contribution in [1.29, 1.82) is 0 Å². The van der Waals surface area contributed by atoms with Crippen LogP contribution in [0.4, 0.5) is 31.5 Å².